The summed E-state index contributed by atoms with van der Waals surface area (Å²) in [5.41, 5.74) is 5.79. The van der Waals surface area contributed by atoms with Crippen LogP contribution in [0.25, 0.3) is 0 Å². The van der Waals surface area contributed by atoms with Gasteiger partial charge in [-0.15, -0.1) is 5.10 Å². The van der Waals surface area contributed by atoms with Crippen LogP contribution in [0.5, 0.6) is 40.2 Å². The molecule has 0 aliphatic carbocycles. The first-order valence-corrected chi connectivity index (χ1v) is 14.0. The standard InChI is InChI=1S/C30H31FN4O11/c31-19-9-15(1-2-20(19)37)30(42)46-29-27(16-10-22(39)26(41)23(40)11-16)45-24-13-18(36)12-21(38)25(24)28(29)44-8-5-35-14-17(33-34-35)3-6-43-7-4-32/h1-2,9-14,27-29,36-41H,3-8,32H2. The van der Waals surface area contributed by atoms with E-state index in [2.05, 4.69) is 10.3 Å². The molecule has 0 amide bonds. The Hall–Kier alpha value is -5.32. The Balaban J connectivity index is 1.48. The fourth-order valence-electron chi connectivity index (χ4n) is 4.88. The second-order valence-corrected chi connectivity index (χ2v) is 10.3. The van der Waals surface area contributed by atoms with Gasteiger partial charge in [-0.25, -0.2) is 13.9 Å². The summed E-state index contributed by atoms with van der Waals surface area (Å²) in [4.78, 5) is 13.3. The van der Waals surface area contributed by atoms with E-state index in [-0.39, 0.29) is 41.3 Å². The van der Waals surface area contributed by atoms with Crippen LogP contribution in [-0.2, 0) is 27.2 Å². The maximum Gasteiger partial charge on any atom is 0.338 e. The fourth-order valence-corrected chi connectivity index (χ4v) is 4.88. The third-order valence-corrected chi connectivity index (χ3v) is 7.06. The number of hydrogen-bond donors (Lipinski definition) is 7. The van der Waals surface area contributed by atoms with Crippen LogP contribution >= 0.6 is 0 Å². The van der Waals surface area contributed by atoms with Crippen molar-refractivity contribution in [2.45, 2.75) is 31.3 Å². The summed E-state index contributed by atoms with van der Waals surface area (Å²) in [7, 11) is 0. The van der Waals surface area contributed by atoms with Crippen LogP contribution in [0.1, 0.15) is 39.4 Å². The molecule has 3 aromatic carbocycles. The highest BCUT2D eigenvalue weighted by atomic mass is 19.1. The number of rotatable bonds is 12. The number of ether oxygens (including phenoxy) is 4. The van der Waals surface area contributed by atoms with Crippen LogP contribution in [0.3, 0.4) is 0 Å². The summed E-state index contributed by atoms with van der Waals surface area (Å²) >= 11 is 0. The molecular weight excluding hydrogens is 611 g/mol. The first kappa shape index (κ1) is 32.1. The van der Waals surface area contributed by atoms with E-state index in [1.54, 1.807) is 6.20 Å². The van der Waals surface area contributed by atoms with Crippen LogP contribution in [-0.4, -0.2) is 84.1 Å². The molecular formula is C30H31FN4O11. The third kappa shape index (κ3) is 6.98. The maximum absolute atomic E-state index is 14.1. The molecule has 0 radical (unpaired) electrons. The van der Waals surface area contributed by atoms with Crippen molar-refractivity contribution >= 4 is 5.97 Å². The van der Waals surface area contributed by atoms with Gasteiger partial charge in [0.25, 0.3) is 0 Å². The largest absolute Gasteiger partial charge is 0.508 e. The summed E-state index contributed by atoms with van der Waals surface area (Å²) in [5.74, 6) is -6.01. The molecule has 3 unspecified atom stereocenters. The second-order valence-electron chi connectivity index (χ2n) is 10.3. The molecule has 46 heavy (non-hydrogen) atoms. The van der Waals surface area contributed by atoms with Gasteiger partial charge in [0.05, 0.1) is 43.2 Å². The minimum absolute atomic E-state index is 0.00217. The van der Waals surface area contributed by atoms with Gasteiger partial charge in [-0.3, -0.25) is 0 Å². The zero-order chi connectivity index (χ0) is 33.0. The van der Waals surface area contributed by atoms with E-state index in [1.807, 2.05) is 0 Å². The minimum Gasteiger partial charge on any atom is -0.508 e. The number of aromatic nitrogens is 3. The second kappa shape index (κ2) is 13.8. The molecule has 0 saturated carbocycles. The van der Waals surface area contributed by atoms with Crippen LogP contribution in [0.15, 0.2) is 48.7 Å². The Morgan fingerprint density at radius 3 is 2.43 bits per heavy atom. The fraction of sp³-hybridized carbons (Fsp3) is 0.300. The number of phenols is 6. The Morgan fingerprint density at radius 1 is 0.957 bits per heavy atom. The number of hydrogen-bond acceptors (Lipinski definition) is 14. The zero-order valence-electron chi connectivity index (χ0n) is 24.1. The van der Waals surface area contributed by atoms with Gasteiger partial charge in [0.15, 0.2) is 41.0 Å². The van der Waals surface area contributed by atoms with Crippen molar-refractivity contribution in [1.29, 1.82) is 0 Å². The predicted molar refractivity (Wildman–Crippen MR) is 154 cm³/mol. The molecule has 1 aliphatic heterocycles. The predicted octanol–water partition coefficient (Wildman–Crippen LogP) is 2.29. The van der Waals surface area contributed by atoms with Crippen molar-refractivity contribution < 1.29 is 58.8 Å². The molecule has 1 aromatic heterocycles. The van der Waals surface area contributed by atoms with E-state index in [9.17, 15) is 39.8 Å². The molecule has 0 spiro atoms. The number of benzene rings is 3. The summed E-state index contributed by atoms with van der Waals surface area (Å²) in [6.45, 7) is 1.28. The molecule has 5 rings (SSSR count). The van der Waals surface area contributed by atoms with Gasteiger partial charge < -0.3 is 55.3 Å². The first-order valence-electron chi connectivity index (χ1n) is 14.0. The third-order valence-electron chi connectivity index (χ3n) is 7.06. The number of carbonyl (C=O) groups is 1. The normalized spacial score (nSPS) is 17.3. The lowest BCUT2D eigenvalue weighted by Crippen LogP contribution is -2.40. The molecule has 1 aliphatic rings. The Bertz CT molecular complexity index is 1690. The van der Waals surface area contributed by atoms with Gasteiger partial charge in [0, 0.05) is 36.9 Å². The molecule has 4 aromatic rings. The van der Waals surface area contributed by atoms with Gasteiger partial charge in [0.2, 0.25) is 0 Å². The molecule has 15 nitrogen and oxygen atoms in total. The summed E-state index contributed by atoms with van der Waals surface area (Å²) in [6, 6.07) is 7.17. The Labute approximate surface area is 260 Å². The average molecular weight is 643 g/mol. The summed E-state index contributed by atoms with van der Waals surface area (Å²) < 4.78 is 39.0. The van der Waals surface area contributed by atoms with E-state index in [4.69, 9.17) is 24.7 Å². The number of carbonyl (C=O) groups excluding carboxylic acids is 1. The molecule has 8 N–H and O–H groups in total. The zero-order valence-corrected chi connectivity index (χ0v) is 24.1. The minimum atomic E-state index is -1.48. The molecule has 0 fully saturated rings. The highest BCUT2D eigenvalue weighted by Crippen LogP contribution is 2.51. The van der Waals surface area contributed by atoms with Crippen LogP contribution in [0.2, 0.25) is 0 Å². The monoisotopic (exact) mass is 642 g/mol. The lowest BCUT2D eigenvalue weighted by Gasteiger charge is -2.39. The SMILES string of the molecule is NCCOCCc1cn(CCOC2c3c(O)cc(O)cc3OC(c3cc(O)c(O)c(O)c3)C2OC(=O)c2ccc(O)c(F)c2)nn1. The first-order chi connectivity index (χ1) is 22.0. The van der Waals surface area contributed by atoms with Crippen LogP contribution < -0.4 is 10.5 Å². The topological polar surface area (TPSA) is 232 Å². The number of esters is 1. The van der Waals surface area contributed by atoms with Crippen molar-refractivity contribution in [3.63, 3.8) is 0 Å². The molecule has 0 bridgehead atoms. The van der Waals surface area contributed by atoms with Gasteiger partial charge >= 0.3 is 5.97 Å². The Kier molecular flexibility index (Phi) is 9.60. The number of halogens is 1. The van der Waals surface area contributed by atoms with Gasteiger partial charge in [-0.05, 0) is 30.3 Å². The lowest BCUT2D eigenvalue weighted by molar-refractivity contribution is -0.112. The quantitative estimate of drug-likeness (QED) is 0.0668. The van der Waals surface area contributed by atoms with Crippen molar-refractivity contribution in [3.8, 4) is 40.2 Å². The highest BCUT2D eigenvalue weighted by Gasteiger charge is 2.45. The Morgan fingerprint density at radius 2 is 1.72 bits per heavy atom. The molecule has 0 saturated heterocycles. The van der Waals surface area contributed by atoms with E-state index in [0.717, 1.165) is 36.4 Å². The molecule has 2 heterocycles. The van der Waals surface area contributed by atoms with Gasteiger partial charge in [-0.1, -0.05) is 5.21 Å². The lowest BCUT2D eigenvalue weighted by atomic mass is 9.90. The van der Waals surface area contributed by atoms with Crippen molar-refractivity contribution in [2.75, 3.05) is 26.4 Å². The van der Waals surface area contributed by atoms with E-state index < -0.39 is 58.8 Å². The molecule has 3 atom stereocenters. The van der Waals surface area contributed by atoms with Crippen molar-refractivity contribution in [3.05, 3.63) is 76.9 Å². The summed E-state index contributed by atoms with van der Waals surface area (Å²) in [5, 5.41) is 69.2. The summed E-state index contributed by atoms with van der Waals surface area (Å²) in [6.07, 6.45) is -2.00. The van der Waals surface area contributed by atoms with Crippen molar-refractivity contribution in [2.24, 2.45) is 5.73 Å². The highest BCUT2D eigenvalue weighted by molar-refractivity contribution is 5.89. The van der Waals surface area contributed by atoms with Gasteiger partial charge in [-0.2, -0.15) is 0 Å². The number of nitrogens with zero attached hydrogens (tertiary/aromatic N) is 3. The van der Waals surface area contributed by atoms with Crippen molar-refractivity contribution in [1.82, 2.24) is 15.0 Å². The number of fused-ring (bicyclic) bond motifs is 1. The number of aromatic hydroxyl groups is 6. The van der Waals surface area contributed by atoms with Gasteiger partial charge in [0.1, 0.15) is 23.4 Å². The number of phenolic OH excluding ortho intramolecular Hbond substituents is 6. The van der Waals surface area contributed by atoms with Crippen LogP contribution in [0, 0.1) is 5.82 Å². The van der Waals surface area contributed by atoms with E-state index in [1.165, 1.54) is 10.7 Å². The maximum atomic E-state index is 14.1. The van der Waals surface area contributed by atoms with E-state index >= 15 is 0 Å². The molecule has 244 valence electrons. The smallest absolute Gasteiger partial charge is 0.338 e. The van der Waals surface area contributed by atoms with E-state index in [0.29, 0.717) is 31.9 Å². The average Bonchev–Trinajstić information content (AvgIpc) is 3.47. The number of nitrogens with two attached hydrogens (primary N) is 1. The van der Waals surface area contributed by atoms with Crippen LogP contribution in [0.4, 0.5) is 4.39 Å². The molecule has 16 heteroatoms.